The quantitative estimate of drug-likeness (QED) is 0.791. The van der Waals surface area contributed by atoms with E-state index in [0.29, 0.717) is 23.5 Å². The van der Waals surface area contributed by atoms with Gasteiger partial charge in [-0.1, -0.05) is 32.0 Å². The van der Waals surface area contributed by atoms with Crippen LogP contribution in [0.2, 0.25) is 0 Å². The van der Waals surface area contributed by atoms with Crippen molar-refractivity contribution < 1.29 is 4.79 Å². The molecule has 0 bridgehead atoms. The Morgan fingerprint density at radius 3 is 2.60 bits per heavy atom. The van der Waals surface area contributed by atoms with Gasteiger partial charge in [0.05, 0.1) is 10.9 Å². The second-order valence-electron chi connectivity index (χ2n) is 6.82. The molecule has 1 N–H and O–H groups in total. The van der Waals surface area contributed by atoms with Crippen molar-refractivity contribution in [2.75, 3.05) is 5.32 Å². The highest BCUT2D eigenvalue weighted by Crippen LogP contribution is 2.19. The number of pyridine rings is 1. The molecule has 0 radical (unpaired) electrons. The van der Waals surface area contributed by atoms with Crippen LogP contribution in [0.4, 0.5) is 5.69 Å². The van der Waals surface area contributed by atoms with Gasteiger partial charge in [0.1, 0.15) is 5.69 Å². The number of carbonyl (C=O) groups is 1. The van der Waals surface area contributed by atoms with Crippen molar-refractivity contribution >= 4 is 22.5 Å². The monoisotopic (exact) mass is 337 g/mol. The molecule has 0 aliphatic heterocycles. The molecular weight excluding hydrogens is 314 g/mol. The summed E-state index contributed by atoms with van der Waals surface area (Å²) in [7, 11) is 1.81. The van der Waals surface area contributed by atoms with Crippen molar-refractivity contribution in [3.8, 4) is 0 Å². The fourth-order valence-electron chi connectivity index (χ4n) is 3.03. The second kappa shape index (κ2) is 6.59. The maximum Gasteiger partial charge on any atom is 0.272 e. The van der Waals surface area contributed by atoms with Crippen LogP contribution >= 0.6 is 0 Å². The van der Waals surface area contributed by atoms with Gasteiger partial charge in [0.15, 0.2) is 0 Å². The van der Waals surface area contributed by atoms with Crippen LogP contribution in [0.15, 0.2) is 47.4 Å². The Morgan fingerprint density at radius 2 is 1.92 bits per heavy atom. The van der Waals surface area contributed by atoms with Crippen molar-refractivity contribution in [2.24, 2.45) is 13.0 Å². The van der Waals surface area contributed by atoms with Crippen LogP contribution in [0.3, 0.4) is 0 Å². The summed E-state index contributed by atoms with van der Waals surface area (Å²) in [4.78, 5) is 25.4. The third kappa shape index (κ3) is 3.22. The van der Waals surface area contributed by atoms with E-state index in [1.54, 1.807) is 28.4 Å². The highest BCUT2D eigenvalue weighted by molar-refractivity contribution is 6.06. The van der Waals surface area contributed by atoms with E-state index in [0.717, 1.165) is 16.8 Å². The van der Waals surface area contributed by atoms with Crippen LogP contribution in [-0.2, 0) is 13.6 Å². The van der Waals surface area contributed by atoms with Crippen LogP contribution in [-0.4, -0.2) is 15.0 Å². The zero-order valence-electron chi connectivity index (χ0n) is 15.0. The van der Waals surface area contributed by atoms with Gasteiger partial charge in [-0.05, 0) is 36.6 Å². The number of fused-ring (bicyclic) bond motifs is 1. The number of rotatable bonds is 4. The van der Waals surface area contributed by atoms with E-state index in [1.165, 1.54) is 0 Å². The molecule has 3 rings (SSSR count). The smallest absolute Gasteiger partial charge is 0.272 e. The molecule has 0 saturated heterocycles. The van der Waals surface area contributed by atoms with Crippen molar-refractivity contribution in [3.05, 3.63) is 64.2 Å². The third-order valence-electron chi connectivity index (χ3n) is 4.37. The number of amides is 1. The summed E-state index contributed by atoms with van der Waals surface area (Å²) >= 11 is 0. The van der Waals surface area contributed by atoms with Crippen LogP contribution in [0, 0.1) is 12.8 Å². The minimum Gasteiger partial charge on any atom is -0.339 e. The molecule has 0 saturated carbocycles. The number of nitrogens with one attached hydrogen (secondary N) is 1. The Bertz CT molecular complexity index is 996. The van der Waals surface area contributed by atoms with Crippen molar-refractivity contribution in [1.29, 1.82) is 0 Å². The summed E-state index contributed by atoms with van der Waals surface area (Å²) in [6.45, 7) is 6.75. The minimum atomic E-state index is -0.220. The SMILES string of the molecule is Cc1ccccc1NC(=O)c1cc2c(=O)n(CC(C)C)ccc2n1C. The van der Waals surface area contributed by atoms with Crippen molar-refractivity contribution in [2.45, 2.75) is 27.3 Å². The van der Waals surface area contributed by atoms with Crippen LogP contribution < -0.4 is 10.9 Å². The largest absolute Gasteiger partial charge is 0.339 e. The molecule has 130 valence electrons. The standard InChI is InChI=1S/C20H23N3O2/c1-13(2)12-23-10-9-17-15(20(23)25)11-18(22(17)4)19(24)21-16-8-6-5-7-14(16)3/h5-11,13H,12H2,1-4H3,(H,21,24). The lowest BCUT2D eigenvalue weighted by molar-refractivity contribution is 0.101. The summed E-state index contributed by atoms with van der Waals surface area (Å²) in [6.07, 6.45) is 1.80. The summed E-state index contributed by atoms with van der Waals surface area (Å²) in [5, 5.41) is 3.50. The Labute approximate surface area is 146 Å². The van der Waals surface area contributed by atoms with Gasteiger partial charge in [-0.3, -0.25) is 9.59 Å². The van der Waals surface area contributed by atoms with E-state index >= 15 is 0 Å². The zero-order valence-corrected chi connectivity index (χ0v) is 15.0. The van der Waals surface area contributed by atoms with Gasteiger partial charge in [-0.25, -0.2) is 0 Å². The molecule has 0 unspecified atom stereocenters. The van der Waals surface area contributed by atoms with Gasteiger partial charge in [0, 0.05) is 25.5 Å². The van der Waals surface area contributed by atoms with Gasteiger partial charge in [-0.2, -0.15) is 0 Å². The van der Waals surface area contributed by atoms with Gasteiger partial charge >= 0.3 is 0 Å². The highest BCUT2D eigenvalue weighted by Gasteiger charge is 2.17. The minimum absolute atomic E-state index is 0.0586. The molecule has 0 aliphatic carbocycles. The molecule has 0 spiro atoms. The maximum absolute atomic E-state index is 12.7. The number of benzene rings is 1. The first-order valence-corrected chi connectivity index (χ1v) is 8.44. The van der Waals surface area contributed by atoms with Gasteiger partial charge in [0.2, 0.25) is 0 Å². The fraction of sp³-hybridized carbons (Fsp3) is 0.300. The zero-order chi connectivity index (χ0) is 18.1. The van der Waals surface area contributed by atoms with E-state index in [2.05, 4.69) is 19.2 Å². The number of hydrogen-bond donors (Lipinski definition) is 1. The summed E-state index contributed by atoms with van der Waals surface area (Å²) in [5.41, 5.74) is 2.94. The van der Waals surface area contributed by atoms with Gasteiger partial charge < -0.3 is 14.5 Å². The molecule has 0 fully saturated rings. The maximum atomic E-state index is 12.7. The lowest BCUT2D eigenvalue weighted by Crippen LogP contribution is -2.21. The molecule has 3 aromatic rings. The van der Waals surface area contributed by atoms with E-state index in [1.807, 2.05) is 37.3 Å². The normalized spacial score (nSPS) is 11.2. The summed E-state index contributed by atoms with van der Waals surface area (Å²) in [5.74, 6) is 0.158. The number of aryl methyl sites for hydroxylation is 2. The van der Waals surface area contributed by atoms with E-state index in [9.17, 15) is 9.59 Å². The Hall–Kier alpha value is -2.82. The molecular formula is C20H23N3O2. The third-order valence-corrected chi connectivity index (χ3v) is 4.37. The molecule has 0 aliphatic rings. The molecule has 5 heteroatoms. The fourth-order valence-corrected chi connectivity index (χ4v) is 3.03. The van der Waals surface area contributed by atoms with E-state index < -0.39 is 0 Å². The van der Waals surface area contributed by atoms with E-state index in [4.69, 9.17) is 0 Å². The molecule has 0 atom stereocenters. The van der Waals surface area contributed by atoms with Crippen LogP contribution in [0.25, 0.3) is 10.9 Å². The Balaban J connectivity index is 2.01. The van der Waals surface area contributed by atoms with Gasteiger partial charge in [0.25, 0.3) is 11.5 Å². The Morgan fingerprint density at radius 1 is 1.20 bits per heavy atom. The molecule has 2 aromatic heterocycles. The number of anilines is 1. The molecule has 5 nitrogen and oxygen atoms in total. The predicted molar refractivity (Wildman–Crippen MR) is 101 cm³/mol. The Kier molecular flexibility index (Phi) is 4.49. The first-order chi connectivity index (χ1) is 11.9. The lowest BCUT2D eigenvalue weighted by Gasteiger charge is -2.09. The predicted octanol–water partition coefficient (Wildman–Crippen LogP) is 3.56. The first kappa shape index (κ1) is 17.0. The number of aromatic nitrogens is 2. The second-order valence-corrected chi connectivity index (χ2v) is 6.82. The number of carbonyl (C=O) groups excluding carboxylic acids is 1. The van der Waals surface area contributed by atoms with Gasteiger partial charge in [-0.15, -0.1) is 0 Å². The molecule has 1 aromatic carbocycles. The highest BCUT2D eigenvalue weighted by atomic mass is 16.2. The molecule has 1 amide bonds. The van der Waals surface area contributed by atoms with Crippen molar-refractivity contribution in [3.63, 3.8) is 0 Å². The molecule has 25 heavy (non-hydrogen) atoms. The number of hydrogen-bond acceptors (Lipinski definition) is 2. The average molecular weight is 337 g/mol. The average Bonchev–Trinajstić information content (AvgIpc) is 2.90. The topological polar surface area (TPSA) is 56.0 Å². The molecule has 2 heterocycles. The van der Waals surface area contributed by atoms with Crippen molar-refractivity contribution in [1.82, 2.24) is 9.13 Å². The number of para-hydroxylation sites is 1. The summed E-state index contributed by atoms with van der Waals surface area (Å²) in [6, 6.07) is 11.2. The number of nitrogens with zero attached hydrogens (tertiary/aromatic N) is 2. The van der Waals surface area contributed by atoms with Crippen LogP contribution in [0.1, 0.15) is 29.9 Å². The van der Waals surface area contributed by atoms with E-state index in [-0.39, 0.29) is 11.5 Å². The van der Waals surface area contributed by atoms with Crippen LogP contribution in [0.5, 0.6) is 0 Å². The lowest BCUT2D eigenvalue weighted by atomic mass is 10.2. The summed E-state index contributed by atoms with van der Waals surface area (Å²) < 4.78 is 3.47. The first-order valence-electron chi connectivity index (χ1n) is 8.44.